The minimum atomic E-state index is -0.348. The molecular weight excluding hydrogens is 264 g/mol. The molecule has 1 heterocycles. The van der Waals surface area contributed by atoms with E-state index in [1.807, 2.05) is 12.1 Å². The Morgan fingerprint density at radius 2 is 2.10 bits per heavy atom. The molecule has 0 aromatic carbocycles. The van der Waals surface area contributed by atoms with Crippen molar-refractivity contribution in [1.82, 2.24) is 15.3 Å². The van der Waals surface area contributed by atoms with E-state index in [-0.39, 0.29) is 5.91 Å². The zero-order valence-corrected chi connectivity index (χ0v) is 13.2. The van der Waals surface area contributed by atoms with Crippen molar-refractivity contribution in [1.29, 1.82) is 0 Å². The highest BCUT2D eigenvalue weighted by molar-refractivity contribution is 5.91. The van der Waals surface area contributed by atoms with Gasteiger partial charge in [-0.25, -0.2) is 10.8 Å². The Labute approximate surface area is 126 Å². The summed E-state index contributed by atoms with van der Waals surface area (Å²) in [7, 11) is 2.14. The summed E-state index contributed by atoms with van der Waals surface area (Å²) in [6.07, 6.45) is 5.00. The summed E-state index contributed by atoms with van der Waals surface area (Å²) < 4.78 is 0. The molecule has 0 unspecified atom stereocenters. The molecule has 1 aromatic heterocycles. The Balaban J connectivity index is 1.97. The van der Waals surface area contributed by atoms with Crippen molar-refractivity contribution in [3.8, 4) is 0 Å². The van der Waals surface area contributed by atoms with Gasteiger partial charge in [0.25, 0.3) is 5.91 Å². The second-order valence-corrected chi connectivity index (χ2v) is 6.80. The molecule has 1 saturated carbocycles. The SMILES string of the molecule is CN(Cc1cccc(C(=O)NN)n1)C1CCC(C)(C)CC1. The van der Waals surface area contributed by atoms with E-state index in [0.717, 1.165) is 12.2 Å². The van der Waals surface area contributed by atoms with Crippen molar-refractivity contribution < 1.29 is 4.79 Å². The Morgan fingerprint density at radius 3 is 2.71 bits per heavy atom. The van der Waals surface area contributed by atoms with Crippen LogP contribution in [0.15, 0.2) is 18.2 Å². The van der Waals surface area contributed by atoms with Crippen LogP contribution in [0.4, 0.5) is 0 Å². The lowest BCUT2D eigenvalue weighted by molar-refractivity contribution is 0.0947. The summed E-state index contributed by atoms with van der Waals surface area (Å²) in [5.41, 5.74) is 3.87. The van der Waals surface area contributed by atoms with Gasteiger partial charge in [-0.2, -0.15) is 0 Å². The van der Waals surface area contributed by atoms with Crippen LogP contribution in [-0.4, -0.2) is 28.9 Å². The number of amides is 1. The van der Waals surface area contributed by atoms with Crippen molar-refractivity contribution in [2.45, 2.75) is 52.1 Å². The molecular formula is C16H26N4O. The highest BCUT2D eigenvalue weighted by Crippen LogP contribution is 2.36. The second kappa shape index (κ2) is 6.54. The minimum absolute atomic E-state index is 0.348. The molecule has 21 heavy (non-hydrogen) atoms. The van der Waals surface area contributed by atoms with Gasteiger partial charge >= 0.3 is 0 Å². The quantitative estimate of drug-likeness (QED) is 0.506. The number of carbonyl (C=O) groups excluding carboxylic acids is 1. The minimum Gasteiger partial charge on any atom is -0.298 e. The predicted octanol–water partition coefficient (Wildman–Crippen LogP) is 2.09. The van der Waals surface area contributed by atoms with Gasteiger partial charge in [0.15, 0.2) is 0 Å². The van der Waals surface area contributed by atoms with Gasteiger partial charge in [0.1, 0.15) is 5.69 Å². The van der Waals surface area contributed by atoms with Crippen molar-refractivity contribution in [2.24, 2.45) is 11.3 Å². The van der Waals surface area contributed by atoms with E-state index in [9.17, 15) is 4.79 Å². The molecule has 2 rings (SSSR count). The maximum Gasteiger partial charge on any atom is 0.283 e. The lowest BCUT2D eigenvalue weighted by Crippen LogP contribution is -2.37. The summed E-state index contributed by atoms with van der Waals surface area (Å²) >= 11 is 0. The van der Waals surface area contributed by atoms with Crippen LogP contribution < -0.4 is 11.3 Å². The molecule has 5 nitrogen and oxygen atoms in total. The van der Waals surface area contributed by atoms with Crippen LogP contribution in [0, 0.1) is 5.41 Å². The van der Waals surface area contributed by atoms with E-state index in [0.29, 0.717) is 17.2 Å². The summed E-state index contributed by atoms with van der Waals surface area (Å²) in [4.78, 5) is 18.2. The number of nitrogens with one attached hydrogen (secondary N) is 1. The summed E-state index contributed by atoms with van der Waals surface area (Å²) in [6, 6.07) is 6.09. The van der Waals surface area contributed by atoms with Crippen molar-refractivity contribution in [3.05, 3.63) is 29.6 Å². The van der Waals surface area contributed by atoms with Crippen LogP contribution in [-0.2, 0) is 6.54 Å². The van der Waals surface area contributed by atoms with E-state index in [1.54, 1.807) is 6.07 Å². The number of carbonyl (C=O) groups is 1. The predicted molar refractivity (Wildman–Crippen MR) is 83.4 cm³/mol. The zero-order chi connectivity index (χ0) is 15.5. The standard InChI is InChI=1S/C16H26N4O/c1-16(2)9-7-13(8-10-16)20(3)11-12-5-4-6-14(18-12)15(21)19-17/h4-6,13H,7-11,17H2,1-3H3,(H,19,21). The fraction of sp³-hybridized carbons (Fsp3) is 0.625. The molecule has 0 atom stereocenters. The summed E-state index contributed by atoms with van der Waals surface area (Å²) in [5, 5.41) is 0. The molecule has 1 fully saturated rings. The number of hydrazine groups is 1. The van der Waals surface area contributed by atoms with Crippen molar-refractivity contribution in [3.63, 3.8) is 0 Å². The zero-order valence-electron chi connectivity index (χ0n) is 13.2. The van der Waals surface area contributed by atoms with Gasteiger partial charge < -0.3 is 0 Å². The van der Waals surface area contributed by atoms with Gasteiger partial charge in [-0.15, -0.1) is 0 Å². The Morgan fingerprint density at radius 1 is 1.43 bits per heavy atom. The highest BCUT2D eigenvalue weighted by atomic mass is 16.2. The molecule has 0 spiro atoms. The van der Waals surface area contributed by atoms with E-state index in [4.69, 9.17) is 5.84 Å². The first-order chi connectivity index (χ1) is 9.91. The number of pyridine rings is 1. The lowest BCUT2D eigenvalue weighted by atomic mass is 9.75. The molecule has 1 aliphatic rings. The third-order valence-electron chi connectivity index (χ3n) is 4.51. The number of rotatable bonds is 4. The topological polar surface area (TPSA) is 71.2 Å². The number of nitrogen functional groups attached to an aromatic ring is 1. The van der Waals surface area contributed by atoms with Crippen molar-refractivity contribution >= 4 is 5.91 Å². The Bertz CT molecular complexity index is 491. The average molecular weight is 290 g/mol. The Kier molecular flexibility index (Phi) is 4.96. The summed E-state index contributed by atoms with van der Waals surface area (Å²) in [5.74, 6) is 4.80. The monoisotopic (exact) mass is 290 g/mol. The first-order valence-corrected chi connectivity index (χ1v) is 7.58. The van der Waals surface area contributed by atoms with E-state index < -0.39 is 0 Å². The van der Waals surface area contributed by atoms with Gasteiger partial charge in [-0.05, 0) is 50.3 Å². The smallest absolute Gasteiger partial charge is 0.283 e. The molecule has 0 bridgehead atoms. The van der Waals surface area contributed by atoms with Crippen LogP contribution in [0.3, 0.4) is 0 Å². The summed E-state index contributed by atoms with van der Waals surface area (Å²) in [6.45, 7) is 5.45. The molecule has 0 radical (unpaired) electrons. The third kappa shape index (κ3) is 4.25. The van der Waals surface area contributed by atoms with Gasteiger partial charge in [-0.1, -0.05) is 19.9 Å². The van der Waals surface area contributed by atoms with E-state index >= 15 is 0 Å². The van der Waals surface area contributed by atoms with Crippen molar-refractivity contribution in [2.75, 3.05) is 7.05 Å². The first-order valence-electron chi connectivity index (χ1n) is 7.58. The lowest BCUT2D eigenvalue weighted by Gasteiger charge is -2.38. The van der Waals surface area contributed by atoms with Gasteiger partial charge in [0.05, 0.1) is 5.69 Å². The number of hydrogen-bond acceptors (Lipinski definition) is 4. The molecule has 5 heteroatoms. The maximum atomic E-state index is 11.5. The third-order valence-corrected chi connectivity index (χ3v) is 4.51. The normalized spacial score (nSPS) is 18.7. The largest absolute Gasteiger partial charge is 0.298 e. The van der Waals surface area contributed by atoms with Crippen LogP contribution in [0.25, 0.3) is 0 Å². The van der Waals surface area contributed by atoms with Crippen LogP contribution in [0.1, 0.15) is 55.7 Å². The van der Waals surface area contributed by atoms with Gasteiger partial charge in [0.2, 0.25) is 0 Å². The van der Waals surface area contributed by atoms with E-state index in [2.05, 4.69) is 36.2 Å². The second-order valence-electron chi connectivity index (χ2n) is 6.80. The van der Waals surface area contributed by atoms with Crippen LogP contribution in [0.5, 0.6) is 0 Å². The fourth-order valence-electron chi connectivity index (χ4n) is 2.98. The molecule has 1 aliphatic carbocycles. The maximum absolute atomic E-state index is 11.5. The molecule has 1 amide bonds. The molecule has 0 aliphatic heterocycles. The van der Waals surface area contributed by atoms with Gasteiger partial charge in [-0.3, -0.25) is 15.1 Å². The van der Waals surface area contributed by atoms with Gasteiger partial charge in [0, 0.05) is 12.6 Å². The number of hydrogen-bond donors (Lipinski definition) is 2. The number of aromatic nitrogens is 1. The number of nitrogens with zero attached hydrogens (tertiary/aromatic N) is 2. The molecule has 1 aromatic rings. The molecule has 116 valence electrons. The fourth-order valence-corrected chi connectivity index (χ4v) is 2.98. The highest BCUT2D eigenvalue weighted by Gasteiger charge is 2.28. The molecule has 0 saturated heterocycles. The first kappa shape index (κ1) is 15.9. The average Bonchev–Trinajstić information content (AvgIpc) is 2.46. The molecule has 3 N–H and O–H groups in total. The number of nitrogens with two attached hydrogens (primary N) is 1. The van der Waals surface area contributed by atoms with Crippen LogP contribution in [0.2, 0.25) is 0 Å². The van der Waals surface area contributed by atoms with Crippen LogP contribution >= 0.6 is 0 Å². The Hall–Kier alpha value is -1.46. The van der Waals surface area contributed by atoms with E-state index in [1.165, 1.54) is 25.7 Å².